The molecule has 0 aliphatic heterocycles. The standard InChI is InChI=1S/C14H16N4O2.2ClH/c1-19-12-5-3-10(7-13(12)20-2)8-17-18-14-6-4-11(15)9-16-14;;/h3-9H,15H2,1-2H3,(H,16,18);2*1H. The summed E-state index contributed by atoms with van der Waals surface area (Å²) in [5, 5.41) is 4.10. The molecule has 120 valence electrons. The molecular formula is C14H18Cl2N4O2. The summed E-state index contributed by atoms with van der Waals surface area (Å²) >= 11 is 0. The van der Waals surface area contributed by atoms with Gasteiger partial charge in [-0.15, -0.1) is 24.8 Å². The van der Waals surface area contributed by atoms with Crippen LogP contribution in [0.3, 0.4) is 0 Å². The van der Waals surface area contributed by atoms with Crippen LogP contribution in [0.4, 0.5) is 11.5 Å². The van der Waals surface area contributed by atoms with Crippen molar-refractivity contribution in [3.63, 3.8) is 0 Å². The van der Waals surface area contributed by atoms with Crippen molar-refractivity contribution in [2.24, 2.45) is 5.10 Å². The van der Waals surface area contributed by atoms with Crippen molar-refractivity contribution in [2.45, 2.75) is 0 Å². The lowest BCUT2D eigenvalue weighted by Crippen LogP contribution is -1.95. The highest BCUT2D eigenvalue weighted by Gasteiger charge is 2.02. The number of hydrazone groups is 1. The van der Waals surface area contributed by atoms with Crippen LogP contribution < -0.4 is 20.6 Å². The van der Waals surface area contributed by atoms with Crippen molar-refractivity contribution in [1.29, 1.82) is 0 Å². The van der Waals surface area contributed by atoms with Gasteiger partial charge in [-0.2, -0.15) is 5.10 Å². The number of aromatic nitrogens is 1. The third-order valence-corrected chi connectivity index (χ3v) is 2.59. The van der Waals surface area contributed by atoms with E-state index in [-0.39, 0.29) is 24.8 Å². The van der Waals surface area contributed by atoms with E-state index in [9.17, 15) is 0 Å². The Morgan fingerprint density at radius 1 is 1.09 bits per heavy atom. The van der Waals surface area contributed by atoms with Crippen LogP contribution in [-0.2, 0) is 0 Å². The van der Waals surface area contributed by atoms with Gasteiger partial charge in [-0.25, -0.2) is 4.98 Å². The molecule has 1 aromatic heterocycles. The van der Waals surface area contributed by atoms with Crippen LogP contribution in [0.5, 0.6) is 11.5 Å². The third-order valence-electron chi connectivity index (χ3n) is 2.59. The first-order chi connectivity index (χ1) is 9.72. The maximum atomic E-state index is 5.55. The molecule has 2 rings (SSSR count). The minimum absolute atomic E-state index is 0. The van der Waals surface area contributed by atoms with Gasteiger partial charge in [0.1, 0.15) is 5.82 Å². The molecule has 0 saturated heterocycles. The molecule has 1 heterocycles. The molecular weight excluding hydrogens is 327 g/mol. The predicted octanol–water partition coefficient (Wildman–Crippen LogP) is 2.97. The smallest absolute Gasteiger partial charge is 0.161 e. The van der Waals surface area contributed by atoms with Crippen molar-refractivity contribution in [3.8, 4) is 11.5 Å². The van der Waals surface area contributed by atoms with Crippen molar-refractivity contribution >= 4 is 42.5 Å². The summed E-state index contributed by atoms with van der Waals surface area (Å²) < 4.78 is 10.4. The van der Waals surface area contributed by atoms with Crippen molar-refractivity contribution in [1.82, 2.24) is 4.98 Å². The van der Waals surface area contributed by atoms with Crippen molar-refractivity contribution in [2.75, 3.05) is 25.4 Å². The highest BCUT2D eigenvalue weighted by Crippen LogP contribution is 2.26. The Balaban J connectivity index is 0.00000220. The minimum Gasteiger partial charge on any atom is -0.493 e. The monoisotopic (exact) mass is 344 g/mol. The van der Waals surface area contributed by atoms with Gasteiger partial charge in [-0.05, 0) is 35.9 Å². The van der Waals surface area contributed by atoms with E-state index in [2.05, 4.69) is 15.5 Å². The van der Waals surface area contributed by atoms with Gasteiger partial charge in [0.15, 0.2) is 11.5 Å². The Morgan fingerprint density at radius 3 is 2.41 bits per heavy atom. The molecule has 0 fully saturated rings. The quantitative estimate of drug-likeness (QED) is 0.643. The van der Waals surface area contributed by atoms with Crippen molar-refractivity contribution < 1.29 is 9.47 Å². The SMILES string of the molecule is COc1ccc(C=NNc2ccc(N)cn2)cc1OC.Cl.Cl. The fourth-order valence-electron chi connectivity index (χ4n) is 1.58. The Kier molecular flexibility index (Phi) is 8.74. The topological polar surface area (TPSA) is 81.8 Å². The van der Waals surface area contributed by atoms with Gasteiger partial charge >= 0.3 is 0 Å². The van der Waals surface area contributed by atoms with E-state index < -0.39 is 0 Å². The second kappa shape index (κ2) is 9.70. The Bertz CT molecular complexity index is 606. The Labute approximate surface area is 141 Å². The van der Waals surface area contributed by atoms with Crippen LogP contribution in [0.1, 0.15) is 5.56 Å². The van der Waals surface area contributed by atoms with Gasteiger partial charge in [-0.3, -0.25) is 5.43 Å². The zero-order valence-electron chi connectivity index (χ0n) is 12.1. The van der Waals surface area contributed by atoms with Gasteiger partial charge in [-0.1, -0.05) is 0 Å². The predicted molar refractivity (Wildman–Crippen MR) is 93.9 cm³/mol. The molecule has 8 heteroatoms. The number of anilines is 2. The molecule has 0 spiro atoms. The highest BCUT2D eigenvalue weighted by atomic mass is 35.5. The fraction of sp³-hybridized carbons (Fsp3) is 0.143. The van der Waals surface area contributed by atoms with E-state index in [0.717, 1.165) is 5.56 Å². The van der Waals surface area contributed by atoms with Gasteiger partial charge < -0.3 is 15.2 Å². The summed E-state index contributed by atoms with van der Waals surface area (Å²) in [5.74, 6) is 1.95. The second-order valence-electron chi connectivity index (χ2n) is 3.96. The van der Waals surface area contributed by atoms with Gasteiger partial charge in [0.05, 0.1) is 32.3 Å². The number of hydrogen-bond donors (Lipinski definition) is 2. The molecule has 0 atom stereocenters. The number of nitrogens with two attached hydrogens (primary N) is 1. The van der Waals surface area contributed by atoms with Crippen LogP contribution in [0.15, 0.2) is 41.6 Å². The van der Waals surface area contributed by atoms with E-state index >= 15 is 0 Å². The first kappa shape index (κ1) is 19.8. The normalized spacial score (nSPS) is 9.55. The average molecular weight is 345 g/mol. The summed E-state index contributed by atoms with van der Waals surface area (Å²) in [7, 11) is 3.19. The number of pyridine rings is 1. The molecule has 0 bridgehead atoms. The molecule has 0 radical (unpaired) electrons. The second-order valence-corrected chi connectivity index (χ2v) is 3.96. The number of halogens is 2. The first-order valence-electron chi connectivity index (χ1n) is 5.95. The summed E-state index contributed by atoms with van der Waals surface area (Å²) in [6.07, 6.45) is 3.23. The van der Waals surface area contributed by atoms with E-state index in [1.807, 2.05) is 18.2 Å². The molecule has 0 unspecified atom stereocenters. The Hall–Kier alpha value is -2.18. The zero-order chi connectivity index (χ0) is 14.4. The van der Waals surface area contributed by atoms with Crippen LogP contribution in [0, 0.1) is 0 Å². The molecule has 0 amide bonds. The molecule has 6 nitrogen and oxygen atoms in total. The number of nitrogens with zero attached hydrogens (tertiary/aromatic N) is 2. The lowest BCUT2D eigenvalue weighted by atomic mass is 10.2. The number of methoxy groups -OCH3 is 2. The van der Waals surface area contributed by atoms with E-state index in [0.29, 0.717) is 23.0 Å². The number of benzene rings is 1. The van der Waals surface area contributed by atoms with Crippen LogP contribution in [0.2, 0.25) is 0 Å². The maximum absolute atomic E-state index is 5.55. The number of nitrogen functional groups attached to an aromatic ring is 1. The number of rotatable bonds is 5. The molecule has 2 aromatic rings. The largest absolute Gasteiger partial charge is 0.493 e. The van der Waals surface area contributed by atoms with E-state index in [4.69, 9.17) is 15.2 Å². The lowest BCUT2D eigenvalue weighted by Gasteiger charge is -2.07. The summed E-state index contributed by atoms with van der Waals surface area (Å²) in [6, 6.07) is 9.04. The maximum Gasteiger partial charge on any atom is 0.161 e. The molecule has 3 N–H and O–H groups in total. The van der Waals surface area contributed by atoms with E-state index in [1.165, 1.54) is 0 Å². The van der Waals surface area contributed by atoms with Crippen LogP contribution in [-0.4, -0.2) is 25.4 Å². The molecule has 0 saturated carbocycles. The van der Waals surface area contributed by atoms with Crippen LogP contribution in [0.25, 0.3) is 0 Å². The number of hydrogen-bond acceptors (Lipinski definition) is 6. The van der Waals surface area contributed by atoms with Gasteiger partial charge in [0, 0.05) is 0 Å². The molecule has 22 heavy (non-hydrogen) atoms. The van der Waals surface area contributed by atoms with E-state index in [1.54, 1.807) is 38.8 Å². The summed E-state index contributed by atoms with van der Waals surface area (Å²) in [6.45, 7) is 0. The van der Waals surface area contributed by atoms with Crippen LogP contribution >= 0.6 is 24.8 Å². The van der Waals surface area contributed by atoms with Gasteiger partial charge in [0.25, 0.3) is 0 Å². The number of ether oxygens (including phenoxy) is 2. The molecule has 1 aromatic carbocycles. The molecule has 0 aliphatic carbocycles. The minimum atomic E-state index is 0. The third kappa shape index (κ3) is 5.31. The Morgan fingerprint density at radius 2 is 1.82 bits per heavy atom. The number of nitrogens with one attached hydrogen (secondary N) is 1. The average Bonchev–Trinajstić information content (AvgIpc) is 2.49. The van der Waals surface area contributed by atoms with Gasteiger partial charge in [0.2, 0.25) is 0 Å². The summed E-state index contributed by atoms with van der Waals surface area (Å²) in [4.78, 5) is 4.08. The summed E-state index contributed by atoms with van der Waals surface area (Å²) in [5.41, 5.74) is 9.86. The first-order valence-corrected chi connectivity index (χ1v) is 5.95. The lowest BCUT2D eigenvalue weighted by molar-refractivity contribution is 0.355. The zero-order valence-corrected chi connectivity index (χ0v) is 13.8. The highest BCUT2D eigenvalue weighted by molar-refractivity contribution is 5.85. The molecule has 0 aliphatic rings. The fourth-order valence-corrected chi connectivity index (χ4v) is 1.58. The van der Waals surface area contributed by atoms with Crippen molar-refractivity contribution in [3.05, 3.63) is 42.1 Å².